The predicted octanol–water partition coefficient (Wildman–Crippen LogP) is 4.11. The summed E-state index contributed by atoms with van der Waals surface area (Å²) in [6.45, 7) is 0.862. The summed E-state index contributed by atoms with van der Waals surface area (Å²) in [6, 6.07) is 3.98. The van der Waals surface area contributed by atoms with Gasteiger partial charge in [-0.25, -0.2) is 0 Å². The first kappa shape index (κ1) is 14.6. The van der Waals surface area contributed by atoms with E-state index in [9.17, 15) is 4.79 Å². The van der Waals surface area contributed by atoms with Gasteiger partial charge in [0.15, 0.2) is 0 Å². The number of carbonyl (C=O) groups is 1. The van der Waals surface area contributed by atoms with Gasteiger partial charge in [0.1, 0.15) is 0 Å². The van der Waals surface area contributed by atoms with Gasteiger partial charge in [0.05, 0.1) is 11.4 Å². The zero-order valence-corrected chi connectivity index (χ0v) is 12.9. The predicted molar refractivity (Wildman–Crippen MR) is 85.3 cm³/mol. The Bertz CT molecular complexity index is 480. The highest BCUT2D eigenvalue weighted by Gasteiger charge is 2.23. The minimum absolute atomic E-state index is 0.291. The third-order valence-electron chi connectivity index (χ3n) is 4.98. The maximum Gasteiger partial charge on any atom is 0.227 e. The molecule has 2 aliphatic rings. The highest BCUT2D eigenvalue weighted by molar-refractivity contribution is 5.94. The zero-order chi connectivity index (χ0) is 14.5. The number of carbonyl (C=O) groups excluding carboxylic acids is 1. The summed E-state index contributed by atoms with van der Waals surface area (Å²) in [7, 11) is 0. The van der Waals surface area contributed by atoms with Gasteiger partial charge in [-0.2, -0.15) is 0 Å². The van der Waals surface area contributed by atoms with Gasteiger partial charge in [-0.05, 0) is 43.7 Å². The molecule has 1 saturated carbocycles. The normalized spacial score (nSPS) is 19.3. The van der Waals surface area contributed by atoms with Crippen molar-refractivity contribution < 1.29 is 4.79 Å². The maximum atomic E-state index is 12.5. The second-order valence-corrected chi connectivity index (χ2v) is 6.51. The molecule has 3 rings (SSSR count). The van der Waals surface area contributed by atoms with Crippen molar-refractivity contribution in [3.8, 4) is 0 Å². The first-order valence-corrected chi connectivity index (χ1v) is 8.59. The number of fused-ring (bicyclic) bond motifs is 1. The third-order valence-corrected chi connectivity index (χ3v) is 4.98. The molecule has 0 atom stereocenters. The monoisotopic (exact) mass is 286 g/mol. The Kier molecular flexibility index (Phi) is 4.89. The third kappa shape index (κ3) is 3.63. The summed E-state index contributed by atoms with van der Waals surface area (Å²) in [5, 5.41) is 0. The fourth-order valence-corrected chi connectivity index (χ4v) is 3.80. The first-order valence-electron chi connectivity index (χ1n) is 8.59. The molecule has 0 radical (unpaired) electrons. The zero-order valence-electron chi connectivity index (χ0n) is 12.9. The van der Waals surface area contributed by atoms with E-state index in [4.69, 9.17) is 0 Å². The van der Waals surface area contributed by atoms with Crippen LogP contribution in [0, 0.1) is 5.92 Å². The van der Waals surface area contributed by atoms with Gasteiger partial charge >= 0.3 is 0 Å². The van der Waals surface area contributed by atoms with Crippen molar-refractivity contribution >= 4 is 11.6 Å². The largest absolute Gasteiger partial charge is 0.311 e. The van der Waals surface area contributed by atoms with Crippen molar-refractivity contribution in [1.29, 1.82) is 0 Å². The number of amides is 1. The average molecular weight is 286 g/mol. The number of aromatic nitrogens is 1. The van der Waals surface area contributed by atoms with Crippen LogP contribution < -0.4 is 4.90 Å². The number of hydrogen-bond donors (Lipinski definition) is 0. The Hall–Kier alpha value is -1.38. The summed E-state index contributed by atoms with van der Waals surface area (Å²) in [6.07, 6.45) is 13.8. The van der Waals surface area contributed by atoms with Crippen molar-refractivity contribution in [1.82, 2.24) is 4.98 Å². The molecule has 3 heteroatoms. The van der Waals surface area contributed by atoms with Gasteiger partial charge in [-0.15, -0.1) is 0 Å². The first-order chi connectivity index (χ1) is 10.3. The molecule has 0 unspecified atom stereocenters. The van der Waals surface area contributed by atoms with E-state index in [0.717, 1.165) is 43.1 Å². The van der Waals surface area contributed by atoms with Gasteiger partial charge in [0, 0.05) is 19.2 Å². The number of aryl methyl sites for hydroxylation is 1. The lowest BCUT2D eigenvalue weighted by molar-refractivity contribution is -0.118. The highest BCUT2D eigenvalue weighted by atomic mass is 16.2. The van der Waals surface area contributed by atoms with E-state index in [1.54, 1.807) is 0 Å². The summed E-state index contributed by atoms with van der Waals surface area (Å²) >= 11 is 0. The minimum Gasteiger partial charge on any atom is -0.311 e. The average Bonchev–Trinajstić information content (AvgIpc) is 2.55. The van der Waals surface area contributed by atoms with Crippen LogP contribution in [0.5, 0.6) is 0 Å². The molecule has 21 heavy (non-hydrogen) atoms. The van der Waals surface area contributed by atoms with Crippen LogP contribution in [0.3, 0.4) is 0 Å². The van der Waals surface area contributed by atoms with Crippen LogP contribution in [0.2, 0.25) is 0 Å². The van der Waals surface area contributed by atoms with Gasteiger partial charge in [0.25, 0.3) is 0 Å². The van der Waals surface area contributed by atoms with E-state index in [1.807, 2.05) is 23.2 Å². The van der Waals surface area contributed by atoms with E-state index in [1.165, 1.54) is 38.5 Å². The van der Waals surface area contributed by atoms with Crippen LogP contribution in [0.1, 0.15) is 63.5 Å². The van der Waals surface area contributed by atoms with Crippen molar-refractivity contribution in [2.24, 2.45) is 5.92 Å². The summed E-state index contributed by atoms with van der Waals surface area (Å²) < 4.78 is 0. The fraction of sp³-hybridized carbons (Fsp3) is 0.667. The molecule has 0 bridgehead atoms. The molecular formula is C18H26N2O. The van der Waals surface area contributed by atoms with Gasteiger partial charge < -0.3 is 4.90 Å². The van der Waals surface area contributed by atoms with Crippen LogP contribution in [0.15, 0.2) is 18.3 Å². The number of hydrogen-bond acceptors (Lipinski definition) is 2. The molecule has 0 N–H and O–H groups in total. The van der Waals surface area contributed by atoms with E-state index in [2.05, 4.69) is 4.98 Å². The molecule has 2 heterocycles. The topological polar surface area (TPSA) is 33.2 Å². The molecule has 1 aliphatic heterocycles. The number of pyridine rings is 1. The minimum atomic E-state index is 0.291. The van der Waals surface area contributed by atoms with Gasteiger partial charge in [-0.1, -0.05) is 32.1 Å². The summed E-state index contributed by atoms with van der Waals surface area (Å²) in [5.74, 6) is 1.17. The Balaban J connectivity index is 1.51. The van der Waals surface area contributed by atoms with E-state index in [0.29, 0.717) is 12.3 Å². The molecule has 0 spiro atoms. The Morgan fingerprint density at radius 1 is 1.24 bits per heavy atom. The molecule has 1 aromatic rings. The number of anilines is 1. The quantitative estimate of drug-likeness (QED) is 0.834. The number of nitrogens with zero attached hydrogens (tertiary/aromatic N) is 2. The molecular weight excluding hydrogens is 260 g/mol. The smallest absolute Gasteiger partial charge is 0.227 e. The van der Waals surface area contributed by atoms with E-state index < -0.39 is 0 Å². The summed E-state index contributed by atoms with van der Waals surface area (Å²) in [5.41, 5.74) is 2.13. The molecule has 0 saturated heterocycles. The van der Waals surface area contributed by atoms with Gasteiger partial charge in [0.2, 0.25) is 5.91 Å². The molecule has 1 aliphatic carbocycles. The lowest BCUT2D eigenvalue weighted by Crippen LogP contribution is -2.35. The standard InChI is InChI=1S/C18H26N2O/c21-18(12-4-9-15-7-2-1-3-8-15)20-14-6-10-16-17(20)11-5-13-19-16/h5,11,13,15H,1-4,6-10,12,14H2. The molecule has 0 aromatic carbocycles. The molecule has 114 valence electrons. The van der Waals surface area contributed by atoms with Crippen LogP contribution in [-0.2, 0) is 11.2 Å². The summed E-state index contributed by atoms with van der Waals surface area (Å²) in [4.78, 5) is 18.9. The SMILES string of the molecule is O=C(CCCC1CCCCC1)N1CCCc2ncccc21. The van der Waals surface area contributed by atoms with Crippen molar-refractivity contribution in [2.45, 2.75) is 64.2 Å². The fourth-order valence-electron chi connectivity index (χ4n) is 3.80. The molecule has 1 amide bonds. The Labute approximate surface area is 127 Å². The second-order valence-electron chi connectivity index (χ2n) is 6.51. The van der Waals surface area contributed by atoms with E-state index >= 15 is 0 Å². The lowest BCUT2D eigenvalue weighted by atomic mass is 9.86. The van der Waals surface area contributed by atoms with E-state index in [-0.39, 0.29) is 0 Å². The van der Waals surface area contributed by atoms with Crippen LogP contribution in [0.4, 0.5) is 5.69 Å². The maximum absolute atomic E-state index is 12.5. The molecule has 1 aromatic heterocycles. The van der Waals surface area contributed by atoms with Gasteiger partial charge in [-0.3, -0.25) is 9.78 Å². The van der Waals surface area contributed by atoms with Crippen molar-refractivity contribution in [3.63, 3.8) is 0 Å². The highest BCUT2D eigenvalue weighted by Crippen LogP contribution is 2.29. The molecule has 1 fully saturated rings. The Morgan fingerprint density at radius 2 is 2.10 bits per heavy atom. The Morgan fingerprint density at radius 3 is 2.95 bits per heavy atom. The van der Waals surface area contributed by atoms with Crippen LogP contribution in [-0.4, -0.2) is 17.4 Å². The van der Waals surface area contributed by atoms with Crippen LogP contribution >= 0.6 is 0 Å². The van der Waals surface area contributed by atoms with Crippen molar-refractivity contribution in [2.75, 3.05) is 11.4 Å². The van der Waals surface area contributed by atoms with Crippen molar-refractivity contribution in [3.05, 3.63) is 24.0 Å². The number of rotatable bonds is 4. The van der Waals surface area contributed by atoms with Crippen LogP contribution in [0.25, 0.3) is 0 Å². The lowest BCUT2D eigenvalue weighted by Gasteiger charge is -2.29. The second kappa shape index (κ2) is 7.06. The molecule has 3 nitrogen and oxygen atoms in total.